The molecule has 1 atom stereocenters. The summed E-state index contributed by atoms with van der Waals surface area (Å²) >= 11 is 0. The third-order valence-corrected chi connectivity index (χ3v) is 3.67. The van der Waals surface area contributed by atoms with Crippen LogP contribution in [0.4, 0.5) is 17.6 Å². The first-order valence-corrected chi connectivity index (χ1v) is 7.06. The first kappa shape index (κ1) is 18.2. The highest BCUT2D eigenvalue weighted by Gasteiger charge is 2.43. The second-order valence-electron chi connectivity index (χ2n) is 5.80. The van der Waals surface area contributed by atoms with Crippen LogP contribution in [0.2, 0.25) is 0 Å². The topological polar surface area (TPSA) is 49.6 Å². The summed E-state index contributed by atoms with van der Waals surface area (Å²) in [6, 6.07) is 0. The van der Waals surface area contributed by atoms with Gasteiger partial charge in [-0.05, 0) is 13.3 Å². The largest absolute Gasteiger partial charge is 0.339 e. The first-order chi connectivity index (χ1) is 9.60. The fourth-order valence-corrected chi connectivity index (χ4v) is 2.46. The Kier molecular flexibility index (Phi) is 5.98. The molecule has 124 valence electrons. The highest BCUT2D eigenvalue weighted by atomic mass is 19.3. The summed E-state index contributed by atoms with van der Waals surface area (Å²) in [4.78, 5) is 15.0. The Morgan fingerprint density at radius 3 is 2.19 bits per heavy atom. The molecule has 8 heteroatoms. The molecular weight excluding hydrogens is 290 g/mol. The predicted molar refractivity (Wildman–Crippen MR) is 71.5 cm³/mol. The summed E-state index contributed by atoms with van der Waals surface area (Å²) in [5.74, 6) is -4.24. The number of hydrogen-bond donors (Lipinski definition) is 1. The van der Waals surface area contributed by atoms with E-state index in [0.717, 1.165) is 6.42 Å². The lowest BCUT2D eigenvalue weighted by Crippen LogP contribution is -2.59. The molecule has 1 rings (SSSR count). The summed E-state index contributed by atoms with van der Waals surface area (Å²) < 4.78 is 50.3. The Labute approximate surface area is 122 Å². The van der Waals surface area contributed by atoms with Crippen molar-refractivity contribution in [2.24, 2.45) is 5.73 Å². The number of carbonyl (C=O) groups excluding carboxylic acids is 1. The van der Waals surface area contributed by atoms with Crippen molar-refractivity contribution in [3.05, 3.63) is 0 Å². The number of amides is 1. The van der Waals surface area contributed by atoms with Gasteiger partial charge in [0.25, 0.3) is 0 Å². The van der Waals surface area contributed by atoms with Crippen LogP contribution in [0.3, 0.4) is 0 Å². The van der Waals surface area contributed by atoms with Crippen LogP contribution < -0.4 is 5.73 Å². The van der Waals surface area contributed by atoms with Crippen LogP contribution in [0.15, 0.2) is 0 Å². The molecule has 1 fully saturated rings. The van der Waals surface area contributed by atoms with Crippen molar-refractivity contribution in [3.63, 3.8) is 0 Å². The Morgan fingerprint density at radius 2 is 1.76 bits per heavy atom. The summed E-state index contributed by atoms with van der Waals surface area (Å²) in [5, 5.41) is 0. The maximum atomic E-state index is 13.0. The van der Waals surface area contributed by atoms with Gasteiger partial charge in [0.05, 0.1) is 12.1 Å². The molecule has 0 saturated carbocycles. The molecule has 1 unspecified atom stereocenters. The maximum absolute atomic E-state index is 13.0. The van der Waals surface area contributed by atoms with Crippen molar-refractivity contribution in [2.75, 3.05) is 32.7 Å². The number of nitrogens with zero attached hydrogens (tertiary/aromatic N) is 2. The number of halogens is 4. The maximum Gasteiger partial charge on any atom is 0.319 e. The van der Waals surface area contributed by atoms with Gasteiger partial charge in [-0.2, -0.15) is 8.78 Å². The van der Waals surface area contributed by atoms with Crippen molar-refractivity contribution < 1.29 is 22.4 Å². The lowest BCUT2D eigenvalue weighted by Gasteiger charge is -2.39. The Morgan fingerprint density at radius 1 is 1.24 bits per heavy atom. The minimum atomic E-state index is -4.02. The molecule has 1 saturated heterocycles. The highest BCUT2D eigenvalue weighted by molar-refractivity contribution is 5.85. The number of piperazine rings is 1. The van der Waals surface area contributed by atoms with Crippen LogP contribution in [-0.2, 0) is 4.79 Å². The molecular formula is C13H23F4N3O. The van der Waals surface area contributed by atoms with E-state index in [-0.39, 0.29) is 32.1 Å². The zero-order valence-electron chi connectivity index (χ0n) is 12.4. The number of nitrogens with two attached hydrogens (primary N) is 1. The number of hydrogen-bond acceptors (Lipinski definition) is 3. The molecule has 0 spiro atoms. The van der Waals surface area contributed by atoms with Crippen LogP contribution in [0.1, 0.15) is 26.7 Å². The Balaban J connectivity index is 2.51. The molecule has 1 heterocycles. The van der Waals surface area contributed by atoms with E-state index >= 15 is 0 Å². The van der Waals surface area contributed by atoms with E-state index in [1.807, 2.05) is 6.92 Å². The fourth-order valence-electron chi connectivity index (χ4n) is 2.46. The van der Waals surface area contributed by atoms with Gasteiger partial charge in [-0.1, -0.05) is 13.3 Å². The number of rotatable bonds is 6. The Bertz CT molecular complexity index is 355. The van der Waals surface area contributed by atoms with Crippen LogP contribution in [0.5, 0.6) is 0 Å². The minimum Gasteiger partial charge on any atom is -0.339 e. The number of alkyl halides is 4. The van der Waals surface area contributed by atoms with E-state index in [0.29, 0.717) is 6.42 Å². The van der Waals surface area contributed by atoms with E-state index in [4.69, 9.17) is 5.73 Å². The monoisotopic (exact) mass is 313 g/mol. The third-order valence-electron chi connectivity index (χ3n) is 3.67. The van der Waals surface area contributed by atoms with Gasteiger partial charge in [0.15, 0.2) is 0 Å². The number of carbonyl (C=O) groups is 1. The molecule has 1 aliphatic rings. The van der Waals surface area contributed by atoms with Crippen molar-refractivity contribution >= 4 is 5.91 Å². The molecule has 21 heavy (non-hydrogen) atoms. The highest BCUT2D eigenvalue weighted by Crippen LogP contribution is 2.24. The molecule has 0 aliphatic carbocycles. The summed E-state index contributed by atoms with van der Waals surface area (Å²) in [6.07, 6.45) is -2.37. The molecule has 0 bridgehead atoms. The third kappa shape index (κ3) is 4.81. The molecule has 0 aromatic heterocycles. The lowest BCUT2D eigenvalue weighted by atomic mass is 9.95. The summed E-state index contributed by atoms with van der Waals surface area (Å²) in [7, 11) is 0. The van der Waals surface area contributed by atoms with Crippen molar-refractivity contribution in [3.8, 4) is 0 Å². The van der Waals surface area contributed by atoms with Gasteiger partial charge in [-0.25, -0.2) is 8.78 Å². The van der Waals surface area contributed by atoms with Gasteiger partial charge in [0.1, 0.15) is 0 Å². The van der Waals surface area contributed by atoms with Gasteiger partial charge >= 0.3 is 12.3 Å². The van der Waals surface area contributed by atoms with Gasteiger partial charge in [-0.3, -0.25) is 9.69 Å². The van der Waals surface area contributed by atoms with Crippen molar-refractivity contribution in [2.45, 2.75) is 44.6 Å². The van der Waals surface area contributed by atoms with Crippen LogP contribution in [0, 0.1) is 0 Å². The summed E-state index contributed by atoms with van der Waals surface area (Å²) in [5.41, 5.74) is 4.99. The molecule has 2 N–H and O–H groups in total. The zero-order valence-corrected chi connectivity index (χ0v) is 12.4. The van der Waals surface area contributed by atoms with E-state index in [1.165, 1.54) is 9.80 Å². The van der Waals surface area contributed by atoms with Crippen molar-refractivity contribution in [1.29, 1.82) is 0 Å². The molecule has 0 aromatic rings. The van der Waals surface area contributed by atoms with Gasteiger partial charge < -0.3 is 10.6 Å². The second-order valence-corrected chi connectivity index (χ2v) is 5.80. The van der Waals surface area contributed by atoms with E-state index < -0.39 is 24.4 Å². The molecule has 1 aliphatic heterocycles. The lowest BCUT2D eigenvalue weighted by molar-refractivity contribution is -0.150. The van der Waals surface area contributed by atoms with Crippen LogP contribution in [-0.4, -0.2) is 66.3 Å². The SMILES string of the molecule is CCCC(C)(N)C(=O)N1CCN(CC(F)(F)C(F)F)CC1. The van der Waals surface area contributed by atoms with Gasteiger partial charge in [-0.15, -0.1) is 0 Å². The Hall–Kier alpha value is -0.890. The molecule has 4 nitrogen and oxygen atoms in total. The molecule has 0 aromatic carbocycles. The van der Waals surface area contributed by atoms with Crippen LogP contribution in [0.25, 0.3) is 0 Å². The summed E-state index contributed by atoms with van der Waals surface area (Å²) in [6.45, 7) is 3.34. The minimum absolute atomic E-state index is 0.149. The fraction of sp³-hybridized carbons (Fsp3) is 0.923. The van der Waals surface area contributed by atoms with Gasteiger partial charge in [0.2, 0.25) is 5.91 Å². The predicted octanol–water partition coefficient (Wildman–Crippen LogP) is 1.55. The average Bonchev–Trinajstić information content (AvgIpc) is 2.38. The normalized spacial score (nSPS) is 20.7. The zero-order chi connectivity index (χ0) is 16.3. The standard InChI is InChI=1S/C13H23F4N3O/c1-3-4-12(2,18)11(21)20-7-5-19(6-8-20)9-13(16,17)10(14)15/h10H,3-9,18H2,1-2H3. The van der Waals surface area contributed by atoms with E-state index in [9.17, 15) is 22.4 Å². The second kappa shape index (κ2) is 6.91. The first-order valence-electron chi connectivity index (χ1n) is 7.06. The quantitative estimate of drug-likeness (QED) is 0.757. The molecule has 0 radical (unpaired) electrons. The smallest absolute Gasteiger partial charge is 0.319 e. The van der Waals surface area contributed by atoms with Crippen molar-refractivity contribution in [1.82, 2.24) is 9.80 Å². The van der Waals surface area contributed by atoms with E-state index in [2.05, 4.69) is 0 Å². The molecule has 1 amide bonds. The average molecular weight is 313 g/mol. The van der Waals surface area contributed by atoms with Crippen LogP contribution >= 0.6 is 0 Å². The van der Waals surface area contributed by atoms with E-state index in [1.54, 1.807) is 6.92 Å². The van der Waals surface area contributed by atoms with Gasteiger partial charge in [0, 0.05) is 26.2 Å².